The zero-order chi connectivity index (χ0) is 11.6. The zero-order valence-corrected chi connectivity index (χ0v) is 12.0. The Kier molecular flexibility index (Phi) is 9.85. The molecule has 0 aromatic carbocycles. The van der Waals surface area contributed by atoms with Crippen molar-refractivity contribution in [3.8, 4) is 0 Å². The van der Waals surface area contributed by atoms with Crippen LogP contribution in [0.5, 0.6) is 0 Å². The van der Waals surface area contributed by atoms with Crippen molar-refractivity contribution >= 4 is 7.26 Å². The second kappa shape index (κ2) is 9.60. The van der Waals surface area contributed by atoms with E-state index < -0.39 is 7.26 Å². The molecule has 0 bridgehead atoms. The fraction of sp³-hybridized carbons (Fsp3) is 1.00. The molecule has 0 aromatic heterocycles. The first-order valence-electron chi connectivity index (χ1n) is 6.85. The van der Waals surface area contributed by atoms with Crippen LogP contribution in [0, 0.1) is 0 Å². The summed E-state index contributed by atoms with van der Waals surface area (Å²) >= 11 is 0. The van der Waals surface area contributed by atoms with Crippen molar-refractivity contribution in [1.82, 2.24) is 0 Å². The fourth-order valence-electron chi connectivity index (χ4n) is 2.95. The van der Waals surface area contributed by atoms with Crippen LogP contribution in [0.4, 0.5) is 0 Å². The molecular weight excluding hydrogens is 203 g/mol. The molecule has 15 heavy (non-hydrogen) atoms. The first-order chi connectivity index (χ1) is 7.24. The van der Waals surface area contributed by atoms with E-state index in [0.717, 1.165) is 6.42 Å². The number of hydrogen-bond acceptors (Lipinski definition) is 1. The van der Waals surface area contributed by atoms with E-state index in [0.29, 0.717) is 6.61 Å². The van der Waals surface area contributed by atoms with Crippen LogP contribution in [0.3, 0.4) is 0 Å². The van der Waals surface area contributed by atoms with Gasteiger partial charge in [-0.1, -0.05) is 0 Å². The Balaban J connectivity index is 4.18. The predicted octanol–water partition coefficient (Wildman–Crippen LogP) is 3.74. The molecule has 2 heteroatoms. The fourth-order valence-corrected chi connectivity index (χ4v) is 8.63. The summed E-state index contributed by atoms with van der Waals surface area (Å²) in [7, 11) is -0.944. The average molecular weight is 234 g/mol. The van der Waals surface area contributed by atoms with Crippen LogP contribution < -0.4 is 0 Å². The molecular formula is C13H31OP. The molecule has 0 saturated heterocycles. The van der Waals surface area contributed by atoms with Crippen LogP contribution in [0.25, 0.3) is 0 Å². The van der Waals surface area contributed by atoms with Crippen LogP contribution in [-0.4, -0.2) is 36.4 Å². The van der Waals surface area contributed by atoms with Crippen molar-refractivity contribution in [2.75, 3.05) is 31.3 Å². The molecule has 0 aliphatic rings. The maximum atomic E-state index is 8.87. The van der Waals surface area contributed by atoms with E-state index in [1.54, 1.807) is 0 Å². The first-order valence-corrected chi connectivity index (χ1v) is 9.68. The van der Waals surface area contributed by atoms with Crippen molar-refractivity contribution in [3.05, 3.63) is 0 Å². The number of hydrogen-bond donors (Lipinski definition) is 1. The Morgan fingerprint density at radius 3 is 1.53 bits per heavy atom. The molecule has 94 valence electrons. The van der Waals surface area contributed by atoms with Crippen molar-refractivity contribution in [2.24, 2.45) is 0 Å². The van der Waals surface area contributed by atoms with E-state index in [9.17, 15) is 0 Å². The molecule has 0 fully saturated rings. The van der Waals surface area contributed by atoms with Gasteiger partial charge in [0.25, 0.3) is 0 Å². The zero-order valence-electron chi connectivity index (χ0n) is 11.0. The van der Waals surface area contributed by atoms with Crippen LogP contribution in [-0.2, 0) is 0 Å². The summed E-state index contributed by atoms with van der Waals surface area (Å²) in [6.45, 7) is 7.38. The summed E-state index contributed by atoms with van der Waals surface area (Å²) in [6.07, 6.45) is 12.4. The number of aliphatic hydroxyl groups is 1. The molecule has 0 heterocycles. The minimum absolute atomic E-state index is 0.384. The third-order valence-electron chi connectivity index (χ3n) is 3.46. The van der Waals surface area contributed by atoms with E-state index in [1.807, 2.05) is 0 Å². The summed E-state index contributed by atoms with van der Waals surface area (Å²) < 4.78 is 0. The van der Waals surface area contributed by atoms with Gasteiger partial charge in [-0.15, -0.1) is 0 Å². The average Bonchev–Trinajstić information content (AvgIpc) is 2.19. The molecule has 0 saturated carbocycles. The number of rotatable bonds is 10. The Labute approximate surface area is 97.0 Å². The Bertz CT molecular complexity index is 119. The maximum absolute atomic E-state index is 8.87. The van der Waals surface area contributed by atoms with Gasteiger partial charge in [-0.05, 0) is 0 Å². The van der Waals surface area contributed by atoms with Crippen LogP contribution in [0.15, 0.2) is 0 Å². The summed E-state index contributed by atoms with van der Waals surface area (Å²) in [5.74, 6) is 0. The first kappa shape index (κ1) is 15.4. The molecule has 0 aliphatic heterocycles. The molecule has 0 rings (SSSR count). The standard InChI is InChI=1S/C13H31OP/c1-4-10-15(11-5-2,12-6-3)13-8-7-9-14/h14-15H,4-13H2,1-3H3. The van der Waals surface area contributed by atoms with E-state index >= 15 is 0 Å². The topological polar surface area (TPSA) is 20.2 Å². The summed E-state index contributed by atoms with van der Waals surface area (Å²) in [5, 5.41) is 8.87. The summed E-state index contributed by atoms with van der Waals surface area (Å²) in [6, 6.07) is 0. The predicted molar refractivity (Wildman–Crippen MR) is 75.0 cm³/mol. The van der Waals surface area contributed by atoms with E-state index in [-0.39, 0.29) is 0 Å². The number of unbranched alkanes of at least 4 members (excludes halogenated alkanes) is 1. The molecule has 0 atom stereocenters. The Morgan fingerprint density at radius 1 is 0.733 bits per heavy atom. The normalized spacial score (nSPS) is 13.1. The number of aliphatic hydroxyl groups excluding tert-OH is 1. The van der Waals surface area contributed by atoms with Gasteiger partial charge in [0.05, 0.1) is 0 Å². The Hall–Kier alpha value is 0.390. The monoisotopic (exact) mass is 234 g/mol. The molecule has 0 amide bonds. The van der Waals surface area contributed by atoms with E-state index in [2.05, 4.69) is 20.8 Å². The second-order valence-electron chi connectivity index (χ2n) is 4.93. The van der Waals surface area contributed by atoms with Gasteiger partial charge in [-0.25, -0.2) is 0 Å². The molecule has 1 nitrogen and oxygen atoms in total. The molecule has 0 aliphatic carbocycles. The Morgan fingerprint density at radius 2 is 1.20 bits per heavy atom. The molecule has 0 unspecified atom stereocenters. The SMILES string of the molecule is CCC[PH](CCC)(CCC)CCCCO. The van der Waals surface area contributed by atoms with Crippen molar-refractivity contribution in [1.29, 1.82) is 0 Å². The van der Waals surface area contributed by atoms with Gasteiger partial charge in [-0.3, -0.25) is 0 Å². The third kappa shape index (κ3) is 6.53. The van der Waals surface area contributed by atoms with E-state index in [4.69, 9.17) is 5.11 Å². The van der Waals surface area contributed by atoms with Gasteiger partial charge >= 0.3 is 96.5 Å². The van der Waals surface area contributed by atoms with Gasteiger partial charge in [0, 0.05) is 0 Å². The molecule has 0 radical (unpaired) electrons. The van der Waals surface area contributed by atoms with Crippen molar-refractivity contribution in [2.45, 2.75) is 52.9 Å². The van der Waals surface area contributed by atoms with Crippen molar-refractivity contribution < 1.29 is 5.11 Å². The van der Waals surface area contributed by atoms with Gasteiger partial charge in [0.1, 0.15) is 0 Å². The van der Waals surface area contributed by atoms with Crippen LogP contribution in [0.1, 0.15) is 52.9 Å². The molecule has 1 N–H and O–H groups in total. The van der Waals surface area contributed by atoms with Crippen LogP contribution in [0.2, 0.25) is 0 Å². The van der Waals surface area contributed by atoms with Crippen molar-refractivity contribution in [3.63, 3.8) is 0 Å². The molecule has 0 aromatic rings. The second-order valence-corrected chi connectivity index (χ2v) is 9.93. The quantitative estimate of drug-likeness (QED) is 0.451. The third-order valence-corrected chi connectivity index (χ3v) is 9.55. The summed E-state index contributed by atoms with van der Waals surface area (Å²) in [5.41, 5.74) is 0. The molecule has 0 spiro atoms. The van der Waals surface area contributed by atoms with Gasteiger partial charge < -0.3 is 0 Å². The van der Waals surface area contributed by atoms with Gasteiger partial charge in [-0.2, -0.15) is 0 Å². The van der Waals surface area contributed by atoms with E-state index in [1.165, 1.54) is 50.3 Å². The van der Waals surface area contributed by atoms with Gasteiger partial charge in [0.15, 0.2) is 0 Å². The van der Waals surface area contributed by atoms with Gasteiger partial charge in [0.2, 0.25) is 0 Å². The summed E-state index contributed by atoms with van der Waals surface area (Å²) in [4.78, 5) is 0. The van der Waals surface area contributed by atoms with Crippen LogP contribution >= 0.6 is 7.26 Å². The minimum atomic E-state index is -0.944.